The van der Waals surface area contributed by atoms with Crippen LogP contribution in [0.4, 0.5) is 0 Å². The van der Waals surface area contributed by atoms with Crippen LogP contribution in [0.2, 0.25) is 0 Å². The van der Waals surface area contributed by atoms with Crippen molar-refractivity contribution in [2.45, 2.75) is 78.1 Å². The summed E-state index contributed by atoms with van der Waals surface area (Å²) < 4.78 is 0. The van der Waals surface area contributed by atoms with Gasteiger partial charge in [-0.3, -0.25) is 0 Å². The molecule has 0 aliphatic rings. The summed E-state index contributed by atoms with van der Waals surface area (Å²) in [6.45, 7) is 4.52. The summed E-state index contributed by atoms with van der Waals surface area (Å²) in [5.74, 6) is 0. The molecule has 0 heteroatoms. The normalized spacial score (nSPS) is 10.8. The van der Waals surface area contributed by atoms with E-state index in [4.69, 9.17) is 0 Å². The van der Waals surface area contributed by atoms with Crippen LogP contribution in [0.1, 0.15) is 82.8 Å². The zero-order chi connectivity index (χ0) is 13.8. The Bertz CT molecular complexity index is 296. The number of hydrogen-bond acceptors (Lipinski definition) is 0. The van der Waals surface area contributed by atoms with Crippen LogP contribution in [0.15, 0.2) is 24.3 Å². The lowest BCUT2D eigenvalue weighted by molar-refractivity contribution is 0.607. The maximum atomic E-state index is 2.36. The first kappa shape index (κ1) is 16.3. The molecule has 1 aromatic carbocycles. The van der Waals surface area contributed by atoms with Crippen molar-refractivity contribution in [2.24, 2.45) is 0 Å². The minimum Gasteiger partial charge on any atom is -0.0654 e. The molecule has 0 unspecified atom stereocenters. The fraction of sp³-hybridized carbons (Fsp3) is 0.632. The molecule has 0 saturated heterocycles. The summed E-state index contributed by atoms with van der Waals surface area (Å²) in [4.78, 5) is 0. The van der Waals surface area contributed by atoms with E-state index in [1.807, 2.05) is 0 Å². The van der Waals surface area contributed by atoms with Crippen molar-refractivity contribution in [2.75, 3.05) is 0 Å². The Hall–Kier alpha value is -0.780. The van der Waals surface area contributed by atoms with E-state index in [2.05, 4.69) is 44.5 Å². The van der Waals surface area contributed by atoms with Crippen LogP contribution in [0.3, 0.4) is 0 Å². The van der Waals surface area contributed by atoms with E-state index in [0.717, 1.165) is 0 Å². The second-order valence-corrected chi connectivity index (χ2v) is 5.61. The number of rotatable bonds is 11. The van der Waals surface area contributed by atoms with E-state index in [1.165, 1.54) is 75.3 Å². The number of unbranched alkanes of at least 4 members (excludes halogenated alkanes) is 7. The largest absolute Gasteiger partial charge is 0.0654 e. The molecule has 1 radical (unpaired) electrons. The SMILES string of the molecule is CCCC[CH]c1ccc(CCCCCCCC)cc1. The van der Waals surface area contributed by atoms with Crippen LogP contribution < -0.4 is 0 Å². The molecule has 0 heterocycles. The van der Waals surface area contributed by atoms with Crippen molar-refractivity contribution in [3.8, 4) is 0 Å². The van der Waals surface area contributed by atoms with E-state index >= 15 is 0 Å². The van der Waals surface area contributed by atoms with Crippen LogP contribution in [0, 0.1) is 6.42 Å². The van der Waals surface area contributed by atoms with Gasteiger partial charge in [0.2, 0.25) is 0 Å². The lowest BCUT2D eigenvalue weighted by atomic mass is 10.0. The lowest BCUT2D eigenvalue weighted by Gasteiger charge is -2.04. The van der Waals surface area contributed by atoms with E-state index in [0.29, 0.717) is 0 Å². The third-order valence-electron chi connectivity index (χ3n) is 3.74. The molecule has 1 rings (SSSR count). The molecule has 0 N–H and O–H groups in total. The second-order valence-electron chi connectivity index (χ2n) is 5.61. The van der Waals surface area contributed by atoms with Crippen molar-refractivity contribution >= 4 is 0 Å². The van der Waals surface area contributed by atoms with Gasteiger partial charge in [0.1, 0.15) is 0 Å². The van der Waals surface area contributed by atoms with Gasteiger partial charge in [0.15, 0.2) is 0 Å². The Morgan fingerprint density at radius 1 is 0.737 bits per heavy atom. The zero-order valence-corrected chi connectivity index (χ0v) is 13.0. The first-order valence-electron chi connectivity index (χ1n) is 8.29. The van der Waals surface area contributed by atoms with Crippen LogP contribution >= 0.6 is 0 Å². The van der Waals surface area contributed by atoms with E-state index in [1.54, 1.807) is 0 Å². The van der Waals surface area contributed by atoms with Crippen molar-refractivity contribution < 1.29 is 0 Å². The molecule has 107 valence electrons. The summed E-state index contributed by atoms with van der Waals surface area (Å²) in [6.07, 6.45) is 15.7. The van der Waals surface area contributed by atoms with Gasteiger partial charge in [-0.05, 0) is 36.8 Å². The molecule has 0 spiro atoms. The Labute approximate surface area is 120 Å². The van der Waals surface area contributed by atoms with Crippen molar-refractivity contribution in [3.05, 3.63) is 41.8 Å². The van der Waals surface area contributed by atoms with Crippen molar-refractivity contribution in [1.29, 1.82) is 0 Å². The molecule has 0 fully saturated rings. The van der Waals surface area contributed by atoms with Gasteiger partial charge in [0.05, 0.1) is 0 Å². The maximum Gasteiger partial charge on any atom is -0.00931 e. The third kappa shape index (κ3) is 8.08. The summed E-state index contributed by atoms with van der Waals surface area (Å²) in [5, 5.41) is 0. The minimum atomic E-state index is 1.22. The van der Waals surface area contributed by atoms with Gasteiger partial charge in [-0.1, -0.05) is 83.1 Å². The molecule has 1 aromatic rings. The average molecular weight is 259 g/mol. The first-order chi connectivity index (χ1) is 9.36. The summed E-state index contributed by atoms with van der Waals surface area (Å²) in [7, 11) is 0. The van der Waals surface area contributed by atoms with Crippen LogP contribution in [0.25, 0.3) is 0 Å². The molecule has 0 aromatic heterocycles. The maximum absolute atomic E-state index is 2.36. The van der Waals surface area contributed by atoms with Crippen molar-refractivity contribution in [1.82, 2.24) is 0 Å². The van der Waals surface area contributed by atoms with Crippen LogP contribution in [-0.4, -0.2) is 0 Å². The predicted octanol–water partition coefficient (Wildman–Crippen LogP) is 6.33. The van der Waals surface area contributed by atoms with Crippen LogP contribution in [-0.2, 0) is 6.42 Å². The molecule has 0 saturated carbocycles. The zero-order valence-electron chi connectivity index (χ0n) is 13.0. The Morgan fingerprint density at radius 3 is 2.05 bits per heavy atom. The molecule has 0 bridgehead atoms. The second kappa shape index (κ2) is 11.1. The molecular weight excluding hydrogens is 228 g/mol. The standard InChI is InChI=1S/C19H31/c1-3-5-7-8-9-11-13-19-16-14-18(15-17-19)12-10-6-4-2/h12,14-17H,3-11,13H2,1-2H3. The van der Waals surface area contributed by atoms with Gasteiger partial charge in [0.25, 0.3) is 0 Å². The van der Waals surface area contributed by atoms with Gasteiger partial charge < -0.3 is 0 Å². The highest BCUT2D eigenvalue weighted by molar-refractivity contribution is 5.27. The Morgan fingerprint density at radius 2 is 1.37 bits per heavy atom. The average Bonchev–Trinajstić information content (AvgIpc) is 2.44. The number of hydrogen-bond donors (Lipinski definition) is 0. The first-order valence-corrected chi connectivity index (χ1v) is 8.29. The van der Waals surface area contributed by atoms with Gasteiger partial charge in [-0.2, -0.15) is 0 Å². The van der Waals surface area contributed by atoms with Gasteiger partial charge in [-0.25, -0.2) is 0 Å². The van der Waals surface area contributed by atoms with E-state index < -0.39 is 0 Å². The minimum absolute atomic E-state index is 1.22. The molecule has 0 aliphatic heterocycles. The number of aryl methyl sites for hydroxylation is 1. The summed E-state index contributed by atoms with van der Waals surface area (Å²) in [5.41, 5.74) is 2.89. The molecule has 0 amide bonds. The predicted molar refractivity (Wildman–Crippen MR) is 86.4 cm³/mol. The van der Waals surface area contributed by atoms with Crippen LogP contribution in [0.5, 0.6) is 0 Å². The molecule has 0 atom stereocenters. The summed E-state index contributed by atoms with van der Waals surface area (Å²) >= 11 is 0. The Kier molecular flexibility index (Phi) is 9.49. The highest BCUT2D eigenvalue weighted by Gasteiger charge is 1.96. The highest BCUT2D eigenvalue weighted by atomic mass is 14.0. The topological polar surface area (TPSA) is 0 Å². The molecule has 0 aliphatic carbocycles. The third-order valence-corrected chi connectivity index (χ3v) is 3.74. The fourth-order valence-corrected chi connectivity index (χ4v) is 2.40. The highest BCUT2D eigenvalue weighted by Crippen LogP contribution is 2.13. The smallest absolute Gasteiger partial charge is 0.00931 e. The lowest BCUT2D eigenvalue weighted by Crippen LogP contribution is -1.88. The van der Waals surface area contributed by atoms with E-state index in [-0.39, 0.29) is 0 Å². The van der Waals surface area contributed by atoms with Gasteiger partial charge in [-0.15, -0.1) is 0 Å². The van der Waals surface area contributed by atoms with Gasteiger partial charge in [0, 0.05) is 0 Å². The van der Waals surface area contributed by atoms with E-state index in [9.17, 15) is 0 Å². The molecule has 0 nitrogen and oxygen atoms in total. The quantitative estimate of drug-likeness (QED) is 0.407. The monoisotopic (exact) mass is 259 g/mol. The van der Waals surface area contributed by atoms with Gasteiger partial charge >= 0.3 is 0 Å². The van der Waals surface area contributed by atoms with Crippen molar-refractivity contribution in [3.63, 3.8) is 0 Å². The summed E-state index contributed by atoms with van der Waals surface area (Å²) in [6, 6.07) is 9.18. The Balaban J connectivity index is 2.13. The molecular formula is C19H31. The number of benzene rings is 1. The molecule has 19 heavy (non-hydrogen) atoms. The fourth-order valence-electron chi connectivity index (χ4n) is 2.40.